The summed E-state index contributed by atoms with van der Waals surface area (Å²) in [5.41, 5.74) is 0.362. The lowest BCUT2D eigenvalue weighted by Gasteiger charge is -2.16. The third-order valence-corrected chi connectivity index (χ3v) is 4.33. The smallest absolute Gasteiger partial charge is 0.169 e. The molecule has 0 bridgehead atoms. The molecular weight excluding hydrogens is 251 g/mol. The predicted octanol–water partition coefficient (Wildman–Crippen LogP) is 5.23. The largest absolute Gasteiger partial charge is 0.458 e. The third-order valence-electron chi connectivity index (χ3n) is 3.81. The molecule has 1 aromatic heterocycles. The van der Waals surface area contributed by atoms with E-state index in [0.29, 0.717) is 5.58 Å². The van der Waals surface area contributed by atoms with Crippen molar-refractivity contribution in [3.63, 3.8) is 0 Å². The first kappa shape index (κ1) is 12.0. The van der Waals surface area contributed by atoms with E-state index >= 15 is 0 Å². The van der Waals surface area contributed by atoms with Crippen molar-refractivity contribution < 1.29 is 8.81 Å². The Morgan fingerprint density at radius 1 is 1.17 bits per heavy atom. The van der Waals surface area contributed by atoms with Crippen LogP contribution in [-0.4, -0.2) is 5.38 Å². The van der Waals surface area contributed by atoms with Crippen molar-refractivity contribution >= 4 is 22.6 Å². The summed E-state index contributed by atoms with van der Waals surface area (Å²) in [6.07, 6.45) is 5.64. The van der Waals surface area contributed by atoms with Gasteiger partial charge in [0.05, 0.1) is 0 Å². The van der Waals surface area contributed by atoms with Gasteiger partial charge in [0.25, 0.3) is 0 Å². The van der Waals surface area contributed by atoms with E-state index in [1.165, 1.54) is 25.3 Å². The standard InChI is InChI=1S/C15H16ClFO/c16-12-7-3-1-2-6-11(12)14-9-10-5-4-8-13(17)15(10)18-14/h4-5,8-9,11-12H,1-3,6-7H2. The molecule has 1 fully saturated rings. The summed E-state index contributed by atoms with van der Waals surface area (Å²) in [5.74, 6) is 0.775. The minimum absolute atomic E-state index is 0.108. The van der Waals surface area contributed by atoms with Crippen molar-refractivity contribution in [1.82, 2.24) is 0 Å². The maximum absolute atomic E-state index is 13.6. The van der Waals surface area contributed by atoms with Crippen LogP contribution in [0.1, 0.15) is 43.8 Å². The van der Waals surface area contributed by atoms with E-state index in [4.69, 9.17) is 16.0 Å². The van der Waals surface area contributed by atoms with E-state index in [0.717, 1.165) is 24.0 Å². The molecule has 3 heteroatoms. The van der Waals surface area contributed by atoms with Crippen molar-refractivity contribution in [2.24, 2.45) is 0 Å². The van der Waals surface area contributed by atoms with E-state index in [9.17, 15) is 4.39 Å². The molecular formula is C15H16ClFO. The molecule has 1 heterocycles. The lowest BCUT2D eigenvalue weighted by Crippen LogP contribution is -2.10. The highest BCUT2D eigenvalue weighted by molar-refractivity contribution is 6.21. The molecule has 2 unspecified atom stereocenters. The summed E-state index contributed by atoms with van der Waals surface area (Å²) in [5, 5.41) is 0.939. The van der Waals surface area contributed by atoms with Gasteiger partial charge < -0.3 is 4.42 Å². The molecule has 0 radical (unpaired) electrons. The molecule has 1 nitrogen and oxygen atoms in total. The Morgan fingerprint density at radius 2 is 2.00 bits per heavy atom. The number of para-hydroxylation sites is 1. The number of alkyl halides is 1. The Kier molecular flexibility index (Phi) is 3.29. The highest BCUT2D eigenvalue weighted by Gasteiger charge is 2.26. The summed E-state index contributed by atoms with van der Waals surface area (Å²) in [7, 11) is 0. The Balaban J connectivity index is 2.00. The van der Waals surface area contributed by atoms with Gasteiger partial charge in [-0.1, -0.05) is 31.4 Å². The molecule has 1 aliphatic carbocycles. The van der Waals surface area contributed by atoms with E-state index in [1.54, 1.807) is 6.07 Å². The average Bonchev–Trinajstić information content (AvgIpc) is 2.67. The Hall–Kier alpha value is -1.02. The fraction of sp³-hybridized carbons (Fsp3) is 0.467. The van der Waals surface area contributed by atoms with Gasteiger partial charge in [-0.3, -0.25) is 0 Å². The zero-order valence-corrected chi connectivity index (χ0v) is 10.9. The van der Waals surface area contributed by atoms with Crippen LogP contribution in [0, 0.1) is 5.82 Å². The molecule has 2 aromatic rings. The first-order valence-electron chi connectivity index (χ1n) is 6.58. The van der Waals surface area contributed by atoms with Crippen molar-refractivity contribution in [3.05, 3.63) is 35.8 Å². The van der Waals surface area contributed by atoms with E-state index < -0.39 is 0 Å². The maximum atomic E-state index is 13.6. The number of halogens is 2. The van der Waals surface area contributed by atoms with E-state index in [-0.39, 0.29) is 17.1 Å². The minimum atomic E-state index is -0.293. The first-order chi connectivity index (χ1) is 8.75. The van der Waals surface area contributed by atoms with Crippen molar-refractivity contribution in [3.8, 4) is 0 Å². The molecule has 96 valence electrons. The Labute approximate surface area is 111 Å². The summed E-state index contributed by atoms with van der Waals surface area (Å²) in [6, 6.07) is 6.97. The molecule has 0 amide bonds. The van der Waals surface area contributed by atoms with Gasteiger partial charge in [0.2, 0.25) is 0 Å². The topological polar surface area (TPSA) is 13.1 Å². The number of hydrogen-bond acceptors (Lipinski definition) is 1. The molecule has 2 atom stereocenters. The molecule has 18 heavy (non-hydrogen) atoms. The number of fused-ring (bicyclic) bond motifs is 1. The number of hydrogen-bond donors (Lipinski definition) is 0. The van der Waals surface area contributed by atoms with Crippen LogP contribution in [0.15, 0.2) is 28.7 Å². The SMILES string of the molecule is Fc1cccc2cc(C3CCCCCC3Cl)oc12. The van der Waals surface area contributed by atoms with Gasteiger partial charge in [0, 0.05) is 16.7 Å². The van der Waals surface area contributed by atoms with Gasteiger partial charge in [-0.05, 0) is 25.0 Å². The molecule has 1 aliphatic rings. The predicted molar refractivity (Wildman–Crippen MR) is 71.6 cm³/mol. The zero-order valence-electron chi connectivity index (χ0n) is 10.2. The van der Waals surface area contributed by atoms with Crippen LogP contribution in [0.3, 0.4) is 0 Å². The molecule has 0 aliphatic heterocycles. The summed E-state index contributed by atoms with van der Waals surface area (Å²) < 4.78 is 19.3. The second-order valence-electron chi connectivity index (χ2n) is 5.07. The summed E-state index contributed by atoms with van der Waals surface area (Å²) in [6.45, 7) is 0. The normalized spacial score (nSPS) is 25.2. The summed E-state index contributed by atoms with van der Waals surface area (Å²) in [4.78, 5) is 0. The average molecular weight is 267 g/mol. The molecule has 1 aromatic carbocycles. The molecule has 0 saturated heterocycles. The van der Waals surface area contributed by atoms with Crippen LogP contribution in [0.4, 0.5) is 4.39 Å². The van der Waals surface area contributed by atoms with Crippen LogP contribution >= 0.6 is 11.6 Å². The summed E-state index contributed by atoms with van der Waals surface area (Å²) >= 11 is 6.44. The maximum Gasteiger partial charge on any atom is 0.169 e. The van der Waals surface area contributed by atoms with Crippen molar-refractivity contribution in [2.45, 2.75) is 43.4 Å². The lowest BCUT2D eigenvalue weighted by molar-refractivity contribution is 0.450. The van der Waals surface area contributed by atoms with Gasteiger partial charge in [-0.2, -0.15) is 0 Å². The fourth-order valence-corrected chi connectivity index (χ4v) is 3.22. The van der Waals surface area contributed by atoms with Gasteiger partial charge in [0.15, 0.2) is 11.4 Å². The van der Waals surface area contributed by atoms with E-state index in [2.05, 4.69) is 0 Å². The second-order valence-corrected chi connectivity index (χ2v) is 5.63. The minimum Gasteiger partial charge on any atom is -0.458 e. The monoisotopic (exact) mass is 266 g/mol. The Morgan fingerprint density at radius 3 is 2.83 bits per heavy atom. The highest BCUT2D eigenvalue weighted by atomic mass is 35.5. The number of furan rings is 1. The number of rotatable bonds is 1. The highest BCUT2D eigenvalue weighted by Crippen LogP contribution is 2.38. The van der Waals surface area contributed by atoms with Crippen LogP contribution in [0.2, 0.25) is 0 Å². The fourth-order valence-electron chi connectivity index (χ4n) is 2.81. The van der Waals surface area contributed by atoms with Crippen LogP contribution in [0.5, 0.6) is 0 Å². The van der Waals surface area contributed by atoms with E-state index in [1.807, 2.05) is 12.1 Å². The van der Waals surface area contributed by atoms with Crippen molar-refractivity contribution in [1.29, 1.82) is 0 Å². The molecule has 3 rings (SSSR count). The lowest BCUT2D eigenvalue weighted by atomic mass is 9.97. The first-order valence-corrected chi connectivity index (χ1v) is 7.01. The molecule has 1 saturated carbocycles. The Bertz CT molecular complexity index is 548. The van der Waals surface area contributed by atoms with Crippen LogP contribution < -0.4 is 0 Å². The van der Waals surface area contributed by atoms with Gasteiger partial charge >= 0.3 is 0 Å². The second kappa shape index (κ2) is 4.93. The molecule has 0 N–H and O–H groups in total. The van der Waals surface area contributed by atoms with Crippen molar-refractivity contribution in [2.75, 3.05) is 0 Å². The molecule has 0 spiro atoms. The quantitative estimate of drug-likeness (QED) is 0.509. The third kappa shape index (κ3) is 2.14. The van der Waals surface area contributed by atoms with Gasteiger partial charge in [0.1, 0.15) is 5.76 Å². The van der Waals surface area contributed by atoms with Crippen LogP contribution in [-0.2, 0) is 0 Å². The number of benzene rings is 1. The van der Waals surface area contributed by atoms with Crippen LogP contribution in [0.25, 0.3) is 11.0 Å². The zero-order chi connectivity index (χ0) is 12.5. The van der Waals surface area contributed by atoms with Gasteiger partial charge in [-0.15, -0.1) is 11.6 Å². The van der Waals surface area contributed by atoms with Gasteiger partial charge in [-0.25, -0.2) is 4.39 Å².